The predicted molar refractivity (Wildman–Crippen MR) is 176 cm³/mol. The van der Waals surface area contributed by atoms with Gasteiger partial charge in [-0.25, -0.2) is 4.98 Å². The van der Waals surface area contributed by atoms with Crippen LogP contribution in [0.4, 0.5) is 0 Å². The van der Waals surface area contributed by atoms with Crippen molar-refractivity contribution in [3.63, 3.8) is 0 Å². The second-order valence-corrected chi connectivity index (χ2v) is 14.4. The molecular formula is C35H51N7O6. The fourth-order valence-corrected chi connectivity index (χ4v) is 7.31. The number of nitrogens with zero attached hydrogens (tertiary/aromatic N) is 3. The molecule has 5 atom stereocenters. The molecular weight excluding hydrogens is 614 g/mol. The number of nitrogens with one attached hydrogen (secondary N) is 4. The molecule has 5 rings (SSSR count). The van der Waals surface area contributed by atoms with E-state index in [0.717, 1.165) is 57.8 Å². The number of carbonyl (C=O) groups excluding carboxylic acids is 6. The van der Waals surface area contributed by atoms with Crippen molar-refractivity contribution in [2.24, 2.45) is 23.7 Å². The first-order chi connectivity index (χ1) is 23.1. The molecule has 4 N–H and O–H groups in total. The molecule has 5 amide bonds. The zero-order valence-electron chi connectivity index (χ0n) is 28.4. The van der Waals surface area contributed by atoms with Crippen LogP contribution in [0.15, 0.2) is 18.6 Å². The van der Waals surface area contributed by atoms with Crippen LogP contribution in [0.2, 0.25) is 0 Å². The molecule has 13 heteroatoms. The van der Waals surface area contributed by atoms with Crippen LogP contribution in [0.25, 0.3) is 0 Å². The monoisotopic (exact) mass is 665 g/mol. The van der Waals surface area contributed by atoms with Crippen LogP contribution in [-0.4, -0.2) is 86.9 Å². The average Bonchev–Trinajstić information content (AvgIpc) is 4.04. The molecule has 4 fully saturated rings. The maximum atomic E-state index is 14.3. The lowest BCUT2D eigenvalue weighted by Gasteiger charge is -2.35. The maximum absolute atomic E-state index is 14.3. The first-order valence-electron chi connectivity index (χ1n) is 17.9. The van der Waals surface area contributed by atoms with Crippen LogP contribution in [0.3, 0.4) is 0 Å². The molecule has 3 aliphatic carbocycles. The van der Waals surface area contributed by atoms with Crippen molar-refractivity contribution in [2.45, 2.75) is 128 Å². The van der Waals surface area contributed by atoms with Gasteiger partial charge in [-0.3, -0.25) is 33.8 Å². The molecule has 48 heavy (non-hydrogen) atoms. The molecule has 2 heterocycles. The molecule has 1 saturated heterocycles. The Bertz CT molecular complexity index is 1340. The van der Waals surface area contributed by atoms with Crippen molar-refractivity contribution in [1.82, 2.24) is 36.1 Å². The van der Waals surface area contributed by atoms with Gasteiger partial charge in [0, 0.05) is 25.0 Å². The van der Waals surface area contributed by atoms with E-state index in [4.69, 9.17) is 0 Å². The molecule has 0 bridgehead atoms. The molecule has 1 aromatic heterocycles. The Morgan fingerprint density at radius 2 is 1.62 bits per heavy atom. The number of amides is 5. The van der Waals surface area contributed by atoms with Gasteiger partial charge in [0.2, 0.25) is 23.5 Å². The molecule has 2 unspecified atom stereocenters. The standard InChI is InChI=1S/C35H51N7O6/c1-4-8-25(30(43)34(47)38-23-13-14-23)39-33(46)29-24(21-11-12-21)15-18-42(29)35(48)27(20(2)3)40-32(45)28(22-9-6-5-7-10-22)41-31(44)26-19-36-16-17-37-26/h16-17,19-25,27-29H,4-15,18H2,1-3H3,(H,38,47)(H,39,46)(H,40,45)(H,41,44)/t24?,25?,27-,28-,29-/m0/s1. The van der Waals surface area contributed by atoms with Gasteiger partial charge in [0.15, 0.2) is 0 Å². The molecule has 262 valence electrons. The highest BCUT2D eigenvalue weighted by Crippen LogP contribution is 2.45. The van der Waals surface area contributed by atoms with Crippen LogP contribution in [-0.2, 0) is 24.0 Å². The molecule has 0 radical (unpaired) electrons. The number of rotatable bonds is 15. The summed E-state index contributed by atoms with van der Waals surface area (Å²) in [6.45, 7) is 5.92. The van der Waals surface area contributed by atoms with E-state index < -0.39 is 53.6 Å². The van der Waals surface area contributed by atoms with Crippen LogP contribution < -0.4 is 21.3 Å². The van der Waals surface area contributed by atoms with Gasteiger partial charge >= 0.3 is 0 Å². The number of likely N-dealkylation sites (tertiary alicyclic amines) is 1. The third-order valence-electron chi connectivity index (χ3n) is 10.3. The minimum Gasteiger partial charge on any atom is -0.347 e. The van der Waals surface area contributed by atoms with Crippen molar-refractivity contribution in [2.75, 3.05) is 6.54 Å². The zero-order chi connectivity index (χ0) is 34.4. The molecule has 3 saturated carbocycles. The van der Waals surface area contributed by atoms with Gasteiger partial charge in [0.05, 0.1) is 12.2 Å². The number of aromatic nitrogens is 2. The van der Waals surface area contributed by atoms with Gasteiger partial charge in [-0.05, 0) is 75.0 Å². The average molecular weight is 666 g/mol. The van der Waals surface area contributed by atoms with E-state index >= 15 is 0 Å². The Kier molecular flexibility index (Phi) is 11.8. The lowest BCUT2D eigenvalue weighted by Crippen LogP contribution is -2.61. The second-order valence-electron chi connectivity index (χ2n) is 14.4. The van der Waals surface area contributed by atoms with Crippen molar-refractivity contribution in [1.29, 1.82) is 0 Å². The van der Waals surface area contributed by atoms with Crippen molar-refractivity contribution in [3.8, 4) is 0 Å². The van der Waals surface area contributed by atoms with Gasteiger partial charge < -0.3 is 26.2 Å². The van der Waals surface area contributed by atoms with Crippen LogP contribution >= 0.6 is 0 Å². The van der Waals surface area contributed by atoms with Crippen LogP contribution in [0, 0.1) is 23.7 Å². The Morgan fingerprint density at radius 3 is 2.23 bits per heavy atom. The van der Waals surface area contributed by atoms with Gasteiger partial charge in [-0.1, -0.05) is 46.5 Å². The molecule has 4 aliphatic rings. The Balaban J connectivity index is 1.32. The smallest absolute Gasteiger partial charge is 0.289 e. The summed E-state index contributed by atoms with van der Waals surface area (Å²) in [4.78, 5) is 90.7. The predicted octanol–water partition coefficient (Wildman–Crippen LogP) is 2.06. The topological polar surface area (TPSA) is 180 Å². The quantitative estimate of drug-likeness (QED) is 0.206. The van der Waals surface area contributed by atoms with Crippen molar-refractivity contribution >= 4 is 35.3 Å². The summed E-state index contributed by atoms with van der Waals surface area (Å²) in [5.41, 5.74) is 0.101. The Labute approximate surface area is 282 Å². The number of hydrogen-bond acceptors (Lipinski definition) is 8. The largest absolute Gasteiger partial charge is 0.347 e. The summed E-state index contributed by atoms with van der Waals surface area (Å²) in [5, 5.41) is 11.4. The molecule has 1 aromatic rings. The molecule has 0 spiro atoms. The lowest BCUT2D eigenvalue weighted by molar-refractivity contribution is -0.145. The van der Waals surface area contributed by atoms with Gasteiger partial charge in [-0.2, -0.15) is 0 Å². The highest BCUT2D eigenvalue weighted by atomic mass is 16.2. The summed E-state index contributed by atoms with van der Waals surface area (Å²) in [6.07, 6.45) is 13.9. The summed E-state index contributed by atoms with van der Waals surface area (Å²) in [5.74, 6) is -3.29. The SMILES string of the molecule is CCCC(NC(=O)[C@@H]1C(C2CC2)CCN1C(=O)[C@@H](NC(=O)[C@@H](NC(=O)c1cnccn1)C1CCCCC1)C(C)C)C(=O)C(=O)NC1CC1. The van der Waals surface area contributed by atoms with E-state index in [0.29, 0.717) is 31.7 Å². The fourth-order valence-electron chi connectivity index (χ4n) is 7.31. The third-order valence-corrected chi connectivity index (χ3v) is 10.3. The van der Waals surface area contributed by atoms with Crippen molar-refractivity contribution in [3.05, 3.63) is 24.3 Å². The molecule has 1 aliphatic heterocycles. The van der Waals surface area contributed by atoms with Gasteiger partial charge in [0.25, 0.3) is 11.8 Å². The summed E-state index contributed by atoms with van der Waals surface area (Å²) in [7, 11) is 0. The van der Waals surface area contributed by atoms with E-state index in [1.807, 2.05) is 20.8 Å². The fraction of sp³-hybridized carbons (Fsp3) is 0.714. The first-order valence-corrected chi connectivity index (χ1v) is 17.9. The summed E-state index contributed by atoms with van der Waals surface area (Å²) in [6, 6.07) is -3.58. The highest BCUT2D eigenvalue weighted by molar-refractivity contribution is 6.38. The number of hydrogen-bond donors (Lipinski definition) is 4. The van der Waals surface area contributed by atoms with E-state index in [-0.39, 0.29) is 35.4 Å². The lowest BCUT2D eigenvalue weighted by atomic mass is 9.83. The normalized spacial score (nSPS) is 23.1. The minimum absolute atomic E-state index is 0.0165. The van der Waals surface area contributed by atoms with Gasteiger partial charge in [-0.15, -0.1) is 0 Å². The first kappa shape index (κ1) is 35.4. The summed E-state index contributed by atoms with van der Waals surface area (Å²) >= 11 is 0. The van der Waals surface area contributed by atoms with E-state index in [2.05, 4.69) is 31.2 Å². The number of Topliss-reactive ketones (excluding diaryl/α,β-unsaturated/α-hetero) is 1. The Morgan fingerprint density at radius 1 is 0.896 bits per heavy atom. The van der Waals surface area contributed by atoms with Crippen LogP contribution in [0.1, 0.15) is 108 Å². The minimum atomic E-state index is -0.978. The Hall–Kier alpha value is -3.90. The zero-order valence-corrected chi connectivity index (χ0v) is 28.4. The van der Waals surface area contributed by atoms with E-state index in [1.165, 1.54) is 18.6 Å². The second kappa shape index (κ2) is 16.0. The van der Waals surface area contributed by atoms with Crippen molar-refractivity contribution < 1.29 is 28.8 Å². The van der Waals surface area contributed by atoms with Crippen LogP contribution in [0.5, 0.6) is 0 Å². The molecule has 0 aromatic carbocycles. The van der Waals surface area contributed by atoms with E-state index in [9.17, 15) is 28.8 Å². The molecule has 13 nitrogen and oxygen atoms in total. The summed E-state index contributed by atoms with van der Waals surface area (Å²) < 4.78 is 0. The third kappa shape index (κ3) is 8.76. The van der Waals surface area contributed by atoms with E-state index in [1.54, 1.807) is 4.90 Å². The van der Waals surface area contributed by atoms with Gasteiger partial charge in [0.1, 0.15) is 23.8 Å². The number of ketones is 1. The highest BCUT2D eigenvalue weighted by Gasteiger charge is 2.50. The number of carbonyl (C=O) groups is 6. The maximum Gasteiger partial charge on any atom is 0.289 e.